The number of hydrogen-bond donors (Lipinski definition) is 1. The number of likely N-dealkylation sites (N-methyl/N-ethyl adjacent to an activating group) is 1. The van der Waals surface area contributed by atoms with Crippen LogP contribution >= 0.6 is 11.6 Å². The van der Waals surface area contributed by atoms with Gasteiger partial charge in [-0.1, -0.05) is 0 Å². The average molecular weight is 229 g/mol. The fourth-order valence-corrected chi connectivity index (χ4v) is 1.17. The van der Waals surface area contributed by atoms with Gasteiger partial charge >= 0.3 is 0 Å². The number of sulfonamides is 1. The third-order valence-electron chi connectivity index (χ3n) is 1.49. The largest absolute Gasteiger partial charge is 0.345 e. The van der Waals surface area contributed by atoms with Crippen LogP contribution in [0.2, 0.25) is 0 Å². The van der Waals surface area contributed by atoms with E-state index in [1.807, 2.05) is 0 Å². The van der Waals surface area contributed by atoms with Gasteiger partial charge in [0.2, 0.25) is 15.9 Å². The fourth-order valence-electron chi connectivity index (χ4n) is 0.522. The highest BCUT2D eigenvalue weighted by atomic mass is 35.5. The topological polar surface area (TPSA) is 66.5 Å². The molecule has 0 radical (unpaired) electrons. The summed E-state index contributed by atoms with van der Waals surface area (Å²) in [6, 6.07) is 0. The summed E-state index contributed by atoms with van der Waals surface area (Å²) < 4.78 is 23.7. The number of carbonyl (C=O) groups is 1. The van der Waals surface area contributed by atoms with E-state index in [4.69, 9.17) is 11.6 Å². The number of halogens is 1. The first kappa shape index (κ1) is 12.7. The molecule has 78 valence electrons. The van der Waals surface area contributed by atoms with Crippen molar-refractivity contribution < 1.29 is 13.2 Å². The number of carbonyl (C=O) groups excluding carboxylic acids is 1. The maximum absolute atomic E-state index is 11.1. The van der Waals surface area contributed by atoms with Gasteiger partial charge in [0.15, 0.2) is 0 Å². The predicted octanol–water partition coefficient (Wildman–Crippen LogP) is -0.420. The van der Waals surface area contributed by atoms with Crippen LogP contribution in [0.5, 0.6) is 0 Å². The van der Waals surface area contributed by atoms with Crippen molar-refractivity contribution in [1.82, 2.24) is 9.62 Å². The molecule has 0 aliphatic carbocycles. The number of nitrogens with zero attached hydrogens (tertiary/aromatic N) is 1. The predicted molar refractivity (Wildman–Crippen MR) is 51.0 cm³/mol. The SMILES string of the molecule is CCN(C)C(=O)CNS(=O)(=O)CCl. The van der Waals surface area contributed by atoms with Crippen molar-refractivity contribution >= 4 is 27.5 Å². The molecule has 0 spiro atoms. The molecule has 0 fully saturated rings. The molecule has 0 rings (SSSR count). The number of alkyl halides is 1. The van der Waals surface area contributed by atoms with Crippen molar-refractivity contribution in [2.24, 2.45) is 0 Å². The Morgan fingerprint density at radius 1 is 1.54 bits per heavy atom. The van der Waals surface area contributed by atoms with Crippen molar-refractivity contribution in [3.8, 4) is 0 Å². The number of hydrogen-bond acceptors (Lipinski definition) is 3. The van der Waals surface area contributed by atoms with E-state index >= 15 is 0 Å². The standard InChI is InChI=1S/C6H13ClN2O3S/c1-3-9(2)6(10)4-8-13(11,12)5-7/h8H,3-5H2,1-2H3. The lowest BCUT2D eigenvalue weighted by atomic mass is 10.5. The molecule has 7 heteroatoms. The lowest BCUT2D eigenvalue weighted by molar-refractivity contribution is -0.128. The van der Waals surface area contributed by atoms with Gasteiger partial charge in [-0.15, -0.1) is 11.6 Å². The minimum Gasteiger partial charge on any atom is -0.345 e. The van der Waals surface area contributed by atoms with Crippen LogP contribution in [0.4, 0.5) is 0 Å². The molecular formula is C6H13ClN2O3S. The minimum atomic E-state index is -3.49. The summed E-state index contributed by atoms with van der Waals surface area (Å²) in [5.41, 5.74) is 0. The highest BCUT2D eigenvalue weighted by Crippen LogP contribution is 1.88. The van der Waals surface area contributed by atoms with Gasteiger partial charge in [0, 0.05) is 13.6 Å². The van der Waals surface area contributed by atoms with Gasteiger partial charge in [0.25, 0.3) is 0 Å². The van der Waals surface area contributed by atoms with E-state index in [1.54, 1.807) is 14.0 Å². The van der Waals surface area contributed by atoms with E-state index < -0.39 is 15.2 Å². The summed E-state index contributed by atoms with van der Waals surface area (Å²) in [6.07, 6.45) is 0. The van der Waals surface area contributed by atoms with Gasteiger partial charge < -0.3 is 4.90 Å². The zero-order chi connectivity index (χ0) is 10.5. The van der Waals surface area contributed by atoms with Crippen LogP contribution in [0.25, 0.3) is 0 Å². The fraction of sp³-hybridized carbons (Fsp3) is 0.833. The summed E-state index contributed by atoms with van der Waals surface area (Å²) in [4.78, 5) is 12.5. The molecule has 0 aromatic rings. The van der Waals surface area contributed by atoms with Crippen molar-refractivity contribution in [2.75, 3.05) is 25.3 Å². The Hall–Kier alpha value is -0.330. The molecule has 0 aliphatic rings. The lowest BCUT2D eigenvalue weighted by Gasteiger charge is -2.14. The normalized spacial score (nSPS) is 11.3. The first-order chi connectivity index (χ1) is 5.93. The maximum Gasteiger partial charge on any atom is 0.237 e. The van der Waals surface area contributed by atoms with E-state index in [2.05, 4.69) is 4.72 Å². The molecule has 1 amide bonds. The Morgan fingerprint density at radius 3 is 2.46 bits per heavy atom. The van der Waals surface area contributed by atoms with Crippen LogP contribution in [0.1, 0.15) is 6.92 Å². The molecule has 0 bridgehead atoms. The molecule has 0 aromatic heterocycles. The molecule has 1 N–H and O–H groups in total. The van der Waals surface area contributed by atoms with Crippen molar-refractivity contribution in [3.63, 3.8) is 0 Å². The highest BCUT2D eigenvalue weighted by molar-refractivity contribution is 7.90. The number of amides is 1. The van der Waals surface area contributed by atoms with Crippen LogP contribution in [0.15, 0.2) is 0 Å². The summed E-state index contributed by atoms with van der Waals surface area (Å²) in [5, 5.41) is -0.532. The first-order valence-corrected chi connectivity index (χ1v) is 5.89. The molecule has 0 atom stereocenters. The molecule has 0 saturated carbocycles. The van der Waals surface area contributed by atoms with Gasteiger partial charge in [0.1, 0.15) is 5.21 Å². The first-order valence-electron chi connectivity index (χ1n) is 3.70. The van der Waals surface area contributed by atoms with E-state index in [1.165, 1.54) is 4.90 Å². The molecule has 0 heterocycles. The van der Waals surface area contributed by atoms with Crippen LogP contribution in [-0.2, 0) is 14.8 Å². The van der Waals surface area contributed by atoms with Crippen LogP contribution < -0.4 is 4.72 Å². The Labute approximate surface area is 83.1 Å². The van der Waals surface area contributed by atoms with Crippen molar-refractivity contribution in [1.29, 1.82) is 0 Å². The second-order valence-electron chi connectivity index (χ2n) is 2.45. The Morgan fingerprint density at radius 2 is 2.08 bits per heavy atom. The van der Waals surface area contributed by atoms with Gasteiger partial charge in [0.05, 0.1) is 6.54 Å². The molecular weight excluding hydrogens is 216 g/mol. The van der Waals surface area contributed by atoms with E-state index in [9.17, 15) is 13.2 Å². The Kier molecular flexibility index (Phi) is 5.27. The van der Waals surface area contributed by atoms with Crippen LogP contribution in [0.3, 0.4) is 0 Å². The second kappa shape index (κ2) is 5.41. The van der Waals surface area contributed by atoms with Gasteiger partial charge in [-0.25, -0.2) is 13.1 Å². The summed E-state index contributed by atoms with van der Waals surface area (Å²) in [6.45, 7) is 2.11. The minimum absolute atomic E-state index is 0.237. The van der Waals surface area contributed by atoms with Crippen LogP contribution in [-0.4, -0.2) is 44.6 Å². The van der Waals surface area contributed by atoms with E-state index in [0.29, 0.717) is 6.54 Å². The van der Waals surface area contributed by atoms with E-state index in [-0.39, 0.29) is 12.5 Å². The molecule has 13 heavy (non-hydrogen) atoms. The molecule has 5 nitrogen and oxygen atoms in total. The van der Waals surface area contributed by atoms with Crippen molar-refractivity contribution in [2.45, 2.75) is 6.92 Å². The Balaban J connectivity index is 3.97. The van der Waals surface area contributed by atoms with E-state index in [0.717, 1.165) is 0 Å². The third kappa shape index (κ3) is 5.07. The molecule has 0 aliphatic heterocycles. The number of rotatable bonds is 5. The van der Waals surface area contributed by atoms with Crippen molar-refractivity contribution in [3.05, 3.63) is 0 Å². The van der Waals surface area contributed by atoms with Crippen LogP contribution in [0, 0.1) is 0 Å². The van der Waals surface area contributed by atoms with Gasteiger partial charge in [-0.3, -0.25) is 4.79 Å². The zero-order valence-electron chi connectivity index (χ0n) is 7.58. The maximum atomic E-state index is 11.1. The summed E-state index contributed by atoms with van der Waals surface area (Å²) >= 11 is 5.11. The van der Waals surface area contributed by atoms with Gasteiger partial charge in [-0.2, -0.15) is 0 Å². The summed E-state index contributed by atoms with van der Waals surface area (Å²) in [7, 11) is -1.89. The summed E-state index contributed by atoms with van der Waals surface area (Å²) in [5.74, 6) is -0.281. The smallest absolute Gasteiger partial charge is 0.237 e. The zero-order valence-corrected chi connectivity index (χ0v) is 9.15. The Bertz CT molecular complexity index is 265. The monoisotopic (exact) mass is 228 g/mol. The molecule has 0 unspecified atom stereocenters. The highest BCUT2D eigenvalue weighted by Gasteiger charge is 2.12. The third-order valence-corrected chi connectivity index (χ3v) is 3.22. The second-order valence-corrected chi connectivity index (χ2v) is 4.84. The lowest BCUT2D eigenvalue weighted by Crippen LogP contribution is -2.38. The molecule has 0 aromatic carbocycles. The number of nitrogens with one attached hydrogen (secondary N) is 1. The average Bonchev–Trinajstić information content (AvgIpc) is 2.13. The molecule has 0 saturated heterocycles. The quantitative estimate of drug-likeness (QED) is 0.650. The van der Waals surface area contributed by atoms with Gasteiger partial charge in [-0.05, 0) is 6.92 Å².